The van der Waals surface area contributed by atoms with Crippen LogP contribution in [0.4, 0.5) is 0 Å². The summed E-state index contributed by atoms with van der Waals surface area (Å²) >= 11 is 2.79. The van der Waals surface area contributed by atoms with E-state index in [1.54, 1.807) is 0 Å². The van der Waals surface area contributed by atoms with Gasteiger partial charge in [-0.2, -0.15) is 0 Å². The van der Waals surface area contributed by atoms with E-state index >= 15 is 0 Å². The number of phenols is 7. The number of aromatic hydroxyl groups is 7. The van der Waals surface area contributed by atoms with Gasteiger partial charge >= 0.3 is 0 Å². The molecule has 0 amide bonds. The van der Waals surface area contributed by atoms with Crippen LogP contribution in [-0.4, -0.2) is 51.4 Å². The zero-order valence-corrected chi connectivity index (χ0v) is 13.1. The van der Waals surface area contributed by atoms with Crippen LogP contribution >= 0.6 is 15.9 Å². The number of hydrogen-bond acceptors (Lipinski definition) is 7. The first-order valence-electron chi connectivity index (χ1n) is 6.00. The monoisotopic (exact) mass is 368 g/mol. The SMILES string of the molecule is Bc1c(B)c(-c2c(O)c(O)c(Br)c(O)c2O)c(O)c(O)c1O. The lowest BCUT2D eigenvalue weighted by Gasteiger charge is -2.18. The molecule has 2 rings (SSSR count). The molecular weight excluding hydrogens is 358 g/mol. The van der Waals surface area contributed by atoms with Crippen LogP contribution in [0.15, 0.2) is 4.47 Å². The van der Waals surface area contributed by atoms with Crippen molar-refractivity contribution >= 4 is 42.5 Å². The Kier molecular flexibility index (Phi) is 3.74. The Hall–Kier alpha value is -2.35. The lowest BCUT2D eigenvalue weighted by molar-refractivity contribution is 0.366. The fourth-order valence-corrected chi connectivity index (χ4v) is 2.54. The smallest absolute Gasteiger partial charge is 0.200 e. The third kappa shape index (κ3) is 1.98. The number of rotatable bonds is 1. The highest BCUT2D eigenvalue weighted by Gasteiger charge is 2.28. The van der Waals surface area contributed by atoms with Gasteiger partial charge in [-0.25, -0.2) is 0 Å². The zero-order valence-electron chi connectivity index (χ0n) is 11.5. The van der Waals surface area contributed by atoms with Crippen LogP contribution in [-0.2, 0) is 0 Å². The van der Waals surface area contributed by atoms with Crippen LogP contribution in [0.1, 0.15) is 0 Å². The summed E-state index contributed by atoms with van der Waals surface area (Å²) in [4.78, 5) is 0. The maximum absolute atomic E-state index is 10.0. The molecule has 0 heterocycles. The van der Waals surface area contributed by atoms with E-state index in [2.05, 4.69) is 15.9 Å². The lowest BCUT2D eigenvalue weighted by Crippen LogP contribution is -2.28. The topological polar surface area (TPSA) is 142 Å². The number of phenolic OH excluding ortho intramolecular Hbond substituents is 7. The van der Waals surface area contributed by atoms with Gasteiger partial charge in [0.05, 0.1) is 5.56 Å². The first kappa shape index (κ1) is 16.0. The molecule has 114 valence electrons. The Labute approximate surface area is 134 Å². The minimum Gasteiger partial charge on any atom is -0.505 e. The maximum atomic E-state index is 10.0. The predicted molar refractivity (Wildman–Crippen MR) is 87.6 cm³/mol. The standard InChI is InChI=1S/C12H11B2BrO7/c13-3-1(6(16)12(22)9(19)4(3)14)2-7(17)10(20)5(15)11(21)8(2)18/h16-22H,13-14H2. The van der Waals surface area contributed by atoms with Gasteiger partial charge in [0.1, 0.15) is 20.2 Å². The molecule has 7 nitrogen and oxygen atoms in total. The molecule has 0 saturated heterocycles. The molecule has 7 N–H and O–H groups in total. The molecule has 0 aliphatic rings. The summed E-state index contributed by atoms with van der Waals surface area (Å²) in [5.41, 5.74) is -0.307. The molecule has 0 unspecified atom stereocenters. The molecule has 0 atom stereocenters. The molecule has 0 radical (unpaired) electrons. The second-order valence-electron chi connectivity index (χ2n) is 4.75. The third-order valence-corrected chi connectivity index (χ3v) is 4.32. The van der Waals surface area contributed by atoms with Crippen molar-refractivity contribution in [2.75, 3.05) is 0 Å². The molecule has 2 aromatic rings. The maximum Gasteiger partial charge on any atom is 0.200 e. The van der Waals surface area contributed by atoms with Gasteiger partial charge in [0.25, 0.3) is 0 Å². The highest BCUT2D eigenvalue weighted by atomic mass is 79.9. The third-order valence-electron chi connectivity index (χ3n) is 3.57. The Morgan fingerprint density at radius 2 is 0.909 bits per heavy atom. The van der Waals surface area contributed by atoms with E-state index in [4.69, 9.17) is 0 Å². The van der Waals surface area contributed by atoms with Crippen LogP contribution in [0.3, 0.4) is 0 Å². The van der Waals surface area contributed by atoms with Crippen molar-refractivity contribution in [2.24, 2.45) is 0 Å². The van der Waals surface area contributed by atoms with Crippen molar-refractivity contribution in [2.45, 2.75) is 0 Å². The van der Waals surface area contributed by atoms with Crippen molar-refractivity contribution in [3.8, 4) is 51.4 Å². The van der Waals surface area contributed by atoms with Gasteiger partial charge in [-0.15, -0.1) is 0 Å². The molecule has 2 aromatic carbocycles. The largest absolute Gasteiger partial charge is 0.505 e. The van der Waals surface area contributed by atoms with Crippen LogP contribution in [0.5, 0.6) is 40.2 Å². The molecule has 0 spiro atoms. The Balaban J connectivity index is 3.03. The van der Waals surface area contributed by atoms with Gasteiger partial charge < -0.3 is 35.7 Å². The average molecular weight is 369 g/mol. The van der Waals surface area contributed by atoms with E-state index in [9.17, 15) is 35.7 Å². The molecule has 0 fully saturated rings. The van der Waals surface area contributed by atoms with Gasteiger partial charge in [0.2, 0.25) is 0 Å². The fourth-order valence-electron chi connectivity index (χ4n) is 2.16. The van der Waals surface area contributed by atoms with Gasteiger partial charge in [-0.1, -0.05) is 5.46 Å². The molecule has 10 heteroatoms. The first-order valence-corrected chi connectivity index (χ1v) is 6.80. The van der Waals surface area contributed by atoms with Crippen LogP contribution < -0.4 is 10.9 Å². The van der Waals surface area contributed by atoms with Crippen molar-refractivity contribution in [1.29, 1.82) is 0 Å². The number of benzene rings is 2. The molecule has 0 aliphatic heterocycles. The highest BCUT2D eigenvalue weighted by Crippen LogP contribution is 2.55. The molecule has 0 aromatic heterocycles. The fraction of sp³-hybridized carbons (Fsp3) is 0. The summed E-state index contributed by atoms with van der Waals surface area (Å²) in [5.74, 6) is -5.35. The van der Waals surface area contributed by atoms with E-state index in [-0.39, 0.29) is 21.0 Å². The van der Waals surface area contributed by atoms with Crippen LogP contribution in [0.2, 0.25) is 0 Å². The van der Waals surface area contributed by atoms with Gasteiger partial charge in [0.15, 0.2) is 40.2 Å². The van der Waals surface area contributed by atoms with E-state index in [1.807, 2.05) is 0 Å². The van der Waals surface area contributed by atoms with Crippen molar-refractivity contribution in [3.05, 3.63) is 4.47 Å². The second kappa shape index (κ2) is 5.13. The molecule has 22 heavy (non-hydrogen) atoms. The molecule has 0 saturated carbocycles. The summed E-state index contributed by atoms with van der Waals surface area (Å²) < 4.78 is -0.330. The van der Waals surface area contributed by atoms with Crippen LogP contribution in [0.25, 0.3) is 11.1 Å². The van der Waals surface area contributed by atoms with Gasteiger partial charge in [0, 0.05) is 5.56 Å². The number of hydrogen-bond donors (Lipinski definition) is 7. The van der Waals surface area contributed by atoms with E-state index < -0.39 is 45.8 Å². The van der Waals surface area contributed by atoms with Crippen LogP contribution in [0, 0.1) is 0 Å². The van der Waals surface area contributed by atoms with E-state index in [1.165, 1.54) is 15.7 Å². The zero-order chi connectivity index (χ0) is 16.9. The average Bonchev–Trinajstić information content (AvgIpc) is 2.50. The summed E-state index contributed by atoms with van der Waals surface area (Å²) in [6.45, 7) is 0. The number of halogens is 1. The quantitative estimate of drug-likeness (QED) is 0.186. The van der Waals surface area contributed by atoms with Crippen molar-refractivity contribution in [1.82, 2.24) is 0 Å². The lowest BCUT2D eigenvalue weighted by atomic mass is 9.74. The minimum absolute atomic E-state index is 0.186. The molecule has 0 bridgehead atoms. The normalized spacial score (nSPS) is 10.8. The molecular formula is C12H11B2BrO7. The summed E-state index contributed by atoms with van der Waals surface area (Å²) in [6, 6.07) is 0. The van der Waals surface area contributed by atoms with E-state index in [0.29, 0.717) is 0 Å². The minimum atomic E-state index is -0.848. The van der Waals surface area contributed by atoms with E-state index in [0.717, 1.165) is 0 Å². The summed E-state index contributed by atoms with van der Waals surface area (Å²) in [5, 5.41) is 69.0. The molecule has 0 aliphatic carbocycles. The predicted octanol–water partition coefficient (Wildman–Crippen LogP) is -1.43. The van der Waals surface area contributed by atoms with Gasteiger partial charge in [-0.05, 0) is 21.4 Å². The Morgan fingerprint density at radius 3 is 1.36 bits per heavy atom. The van der Waals surface area contributed by atoms with Crippen molar-refractivity contribution < 1.29 is 35.7 Å². The first-order chi connectivity index (χ1) is 10.1. The second-order valence-corrected chi connectivity index (χ2v) is 5.55. The Morgan fingerprint density at radius 1 is 0.500 bits per heavy atom. The Bertz CT molecular complexity index is 682. The van der Waals surface area contributed by atoms with Crippen molar-refractivity contribution in [3.63, 3.8) is 0 Å². The van der Waals surface area contributed by atoms with Gasteiger partial charge in [-0.3, -0.25) is 0 Å². The summed E-state index contributed by atoms with van der Waals surface area (Å²) in [6.07, 6.45) is 0. The summed E-state index contributed by atoms with van der Waals surface area (Å²) in [7, 11) is 2.90. The highest BCUT2D eigenvalue weighted by molar-refractivity contribution is 9.10.